The van der Waals surface area contributed by atoms with Crippen LogP contribution in [0.4, 0.5) is 0 Å². The Morgan fingerprint density at radius 3 is 2.89 bits per heavy atom. The quantitative estimate of drug-likeness (QED) is 0.578. The lowest BCUT2D eigenvalue weighted by Crippen LogP contribution is -2.42. The zero-order valence-electron chi connectivity index (χ0n) is 17.2. The van der Waals surface area contributed by atoms with Gasteiger partial charge in [-0.2, -0.15) is 0 Å². The summed E-state index contributed by atoms with van der Waals surface area (Å²) in [6, 6.07) is 8.04. The average molecular weight is 387 g/mol. The van der Waals surface area contributed by atoms with Crippen molar-refractivity contribution in [2.24, 2.45) is 12.0 Å². The molecule has 1 aromatic heterocycles. The number of nitrogens with zero attached hydrogens (tertiary/aromatic N) is 5. The number of methoxy groups -OCH3 is 1. The van der Waals surface area contributed by atoms with Gasteiger partial charge in [0.25, 0.3) is 0 Å². The predicted molar refractivity (Wildman–Crippen MR) is 108 cm³/mol. The summed E-state index contributed by atoms with van der Waals surface area (Å²) in [6.07, 6.45) is 2.44. The number of hydrogen-bond acceptors (Lipinski definition) is 5. The zero-order chi connectivity index (χ0) is 19.9. The van der Waals surface area contributed by atoms with E-state index in [0.29, 0.717) is 13.1 Å². The summed E-state index contributed by atoms with van der Waals surface area (Å²) >= 11 is 0. The normalized spacial score (nSPS) is 17.0. The minimum Gasteiger partial charge on any atom is -0.496 e. The van der Waals surface area contributed by atoms with Crippen molar-refractivity contribution in [1.82, 2.24) is 25.0 Å². The van der Waals surface area contributed by atoms with E-state index in [1.165, 1.54) is 0 Å². The predicted octanol–water partition coefficient (Wildman–Crippen LogP) is 1.89. The van der Waals surface area contributed by atoms with Crippen LogP contribution in [0.5, 0.6) is 5.75 Å². The van der Waals surface area contributed by atoms with Gasteiger partial charge in [0.1, 0.15) is 18.1 Å². The van der Waals surface area contributed by atoms with Gasteiger partial charge in [0.15, 0.2) is 11.8 Å². The molecule has 0 spiro atoms. The summed E-state index contributed by atoms with van der Waals surface area (Å²) in [6.45, 7) is 4.66. The summed E-state index contributed by atoms with van der Waals surface area (Å²) in [4.78, 5) is 6.89. The standard InChI is InChI=1S/C20H30N6O2/c1-15-23-24-19(26(15)3)13-22-20(21-12-17-9-7-11-28-17)25(2)14-16-8-5-6-10-18(16)27-4/h5-6,8,10,17H,7,9,11-14H2,1-4H3,(H,21,22). The van der Waals surface area contributed by atoms with E-state index >= 15 is 0 Å². The Hall–Kier alpha value is -2.61. The van der Waals surface area contributed by atoms with Crippen molar-refractivity contribution in [3.63, 3.8) is 0 Å². The molecule has 0 radical (unpaired) electrons. The fraction of sp³-hybridized carbons (Fsp3) is 0.550. The molecule has 0 saturated carbocycles. The number of nitrogens with one attached hydrogen (secondary N) is 1. The van der Waals surface area contributed by atoms with Gasteiger partial charge in [0.05, 0.1) is 13.2 Å². The molecule has 8 heteroatoms. The summed E-state index contributed by atoms with van der Waals surface area (Å²) in [5.74, 6) is 3.39. The topological polar surface area (TPSA) is 76.8 Å². The molecule has 0 aliphatic carbocycles. The van der Waals surface area contributed by atoms with Crippen molar-refractivity contribution < 1.29 is 9.47 Å². The van der Waals surface area contributed by atoms with Crippen LogP contribution in [0.2, 0.25) is 0 Å². The number of benzene rings is 1. The van der Waals surface area contributed by atoms with Crippen molar-refractivity contribution in [2.75, 3.05) is 27.3 Å². The Kier molecular flexibility index (Phi) is 6.86. The van der Waals surface area contributed by atoms with Crippen LogP contribution in [0.25, 0.3) is 0 Å². The molecule has 1 unspecified atom stereocenters. The second kappa shape index (κ2) is 9.54. The van der Waals surface area contributed by atoms with Crippen molar-refractivity contribution in [3.05, 3.63) is 41.5 Å². The molecule has 1 aliphatic rings. The number of aromatic nitrogens is 3. The van der Waals surface area contributed by atoms with E-state index in [2.05, 4.69) is 26.5 Å². The first-order valence-electron chi connectivity index (χ1n) is 9.66. The molecule has 0 bridgehead atoms. The molecular weight excluding hydrogens is 356 g/mol. The fourth-order valence-electron chi connectivity index (χ4n) is 3.22. The molecule has 1 fully saturated rings. The van der Waals surface area contributed by atoms with E-state index in [4.69, 9.17) is 14.5 Å². The number of hydrogen-bond donors (Lipinski definition) is 1. The molecule has 3 rings (SSSR count). The number of aryl methyl sites for hydroxylation is 1. The van der Waals surface area contributed by atoms with Crippen molar-refractivity contribution in [1.29, 1.82) is 0 Å². The average Bonchev–Trinajstić information content (AvgIpc) is 3.33. The molecule has 1 aromatic carbocycles. The highest BCUT2D eigenvalue weighted by Gasteiger charge is 2.18. The molecule has 8 nitrogen and oxygen atoms in total. The SMILES string of the molecule is COc1ccccc1CN(C)C(=NCc1nnc(C)n1C)NCC1CCCO1. The number of para-hydroxylation sites is 1. The molecule has 152 valence electrons. The second-order valence-corrected chi connectivity index (χ2v) is 7.05. The third-order valence-corrected chi connectivity index (χ3v) is 5.03. The van der Waals surface area contributed by atoms with Crippen LogP contribution in [0.1, 0.15) is 30.1 Å². The highest BCUT2D eigenvalue weighted by atomic mass is 16.5. The minimum atomic E-state index is 0.238. The summed E-state index contributed by atoms with van der Waals surface area (Å²) < 4.78 is 13.2. The van der Waals surface area contributed by atoms with E-state index in [-0.39, 0.29) is 6.10 Å². The van der Waals surface area contributed by atoms with Gasteiger partial charge in [-0.3, -0.25) is 0 Å². The maximum atomic E-state index is 5.74. The third-order valence-electron chi connectivity index (χ3n) is 5.03. The van der Waals surface area contributed by atoms with E-state index in [1.54, 1.807) is 7.11 Å². The van der Waals surface area contributed by atoms with Gasteiger partial charge in [-0.15, -0.1) is 10.2 Å². The third kappa shape index (κ3) is 5.01. The van der Waals surface area contributed by atoms with Crippen LogP contribution in [-0.4, -0.2) is 59.0 Å². The van der Waals surface area contributed by atoms with Crippen LogP contribution in [0.3, 0.4) is 0 Å². The van der Waals surface area contributed by atoms with Gasteiger partial charge in [0, 0.05) is 39.4 Å². The summed E-state index contributed by atoms with van der Waals surface area (Å²) in [5.41, 5.74) is 1.11. The van der Waals surface area contributed by atoms with Gasteiger partial charge in [-0.05, 0) is 25.8 Å². The Labute approximate surface area is 166 Å². The molecule has 1 atom stereocenters. The lowest BCUT2D eigenvalue weighted by atomic mass is 10.2. The van der Waals surface area contributed by atoms with Crippen molar-refractivity contribution in [2.45, 2.75) is 39.0 Å². The van der Waals surface area contributed by atoms with Gasteiger partial charge >= 0.3 is 0 Å². The van der Waals surface area contributed by atoms with E-state index in [9.17, 15) is 0 Å². The van der Waals surface area contributed by atoms with Gasteiger partial charge in [0.2, 0.25) is 0 Å². The van der Waals surface area contributed by atoms with Crippen molar-refractivity contribution >= 4 is 5.96 Å². The lowest BCUT2D eigenvalue weighted by molar-refractivity contribution is 0.113. The lowest BCUT2D eigenvalue weighted by Gasteiger charge is -2.24. The van der Waals surface area contributed by atoms with Crippen LogP contribution >= 0.6 is 0 Å². The minimum absolute atomic E-state index is 0.238. The summed E-state index contributed by atoms with van der Waals surface area (Å²) in [5, 5.41) is 11.8. The highest BCUT2D eigenvalue weighted by Crippen LogP contribution is 2.19. The van der Waals surface area contributed by atoms with Crippen molar-refractivity contribution in [3.8, 4) is 5.75 Å². The number of rotatable bonds is 7. The van der Waals surface area contributed by atoms with Crippen LogP contribution in [-0.2, 0) is 24.9 Å². The summed E-state index contributed by atoms with van der Waals surface area (Å²) in [7, 11) is 5.67. The monoisotopic (exact) mass is 386 g/mol. The molecule has 1 saturated heterocycles. The fourth-order valence-corrected chi connectivity index (χ4v) is 3.22. The van der Waals surface area contributed by atoms with Gasteiger partial charge < -0.3 is 24.3 Å². The van der Waals surface area contributed by atoms with E-state index < -0.39 is 0 Å². The van der Waals surface area contributed by atoms with Crippen LogP contribution < -0.4 is 10.1 Å². The Morgan fingerprint density at radius 1 is 1.39 bits per heavy atom. The molecule has 1 aliphatic heterocycles. The smallest absolute Gasteiger partial charge is 0.194 e. The highest BCUT2D eigenvalue weighted by molar-refractivity contribution is 5.79. The van der Waals surface area contributed by atoms with Crippen LogP contribution in [0, 0.1) is 6.92 Å². The molecule has 0 amide bonds. The Bertz CT molecular complexity index is 798. The molecule has 1 N–H and O–H groups in total. The molecule has 2 heterocycles. The zero-order valence-corrected chi connectivity index (χ0v) is 17.2. The molecular formula is C20H30N6O2. The Morgan fingerprint density at radius 2 is 2.21 bits per heavy atom. The maximum absolute atomic E-state index is 5.74. The first-order chi connectivity index (χ1) is 13.6. The van der Waals surface area contributed by atoms with Gasteiger partial charge in [-0.1, -0.05) is 18.2 Å². The molecule has 2 aromatic rings. The number of aliphatic imine (C=N–C) groups is 1. The molecule has 28 heavy (non-hydrogen) atoms. The maximum Gasteiger partial charge on any atom is 0.194 e. The van der Waals surface area contributed by atoms with E-state index in [1.807, 2.05) is 43.8 Å². The number of guanidine groups is 1. The first-order valence-corrected chi connectivity index (χ1v) is 9.66. The largest absolute Gasteiger partial charge is 0.496 e. The second-order valence-electron chi connectivity index (χ2n) is 7.05. The van der Waals surface area contributed by atoms with Crippen LogP contribution in [0.15, 0.2) is 29.3 Å². The Balaban J connectivity index is 1.73. The number of ether oxygens (including phenoxy) is 2. The van der Waals surface area contributed by atoms with E-state index in [0.717, 1.165) is 54.9 Å². The first kappa shape index (κ1) is 20.1. The van der Waals surface area contributed by atoms with Gasteiger partial charge in [-0.25, -0.2) is 4.99 Å².